The van der Waals surface area contributed by atoms with Crippen molar-refractivity contribution in [3.63, 3.8) is 0 Å². The summed E-state index contributed by atoms with van der Waals surface area (Å²) in [6.07, 6.45) is 0. The summed E-state index contributed by atoms with van der Waals surface area (Å²) < 4.78 is 6.87. The first-order valence-corrected chi connectivity index (χ1v) is 9.65. The van der Waals surface area contributed by atoms with Crippen molar-refractivity contribution in [2.75, 3.05) is 11.9 Å². The maximum Gasteiger partial charge on any atom is 0.358 e. The van der Waals surface area contributed by atoms with Crippen LogP contribution >= 0.6 is 0 Å². The quantitative estimate of drug-likeness (QED) is 0.622. The largest absolute Gasteiger partial charge is 0.461 e. The Labute approximate surface area is 170 Å². The van der Waals surface area contributed by atoms with Gasteiger partial charge in [-0.25, -0.2) is 9.48 Å². The van der Waals surface area contributed by atoms with E-state index in [1.165, 1.54) is 0 Å². The summed E-state index contributed by atoms with van der Waals surface area (Å²) in [5.74, 6) is -0.640. The van der Waals surface area contributed by atoms with Crippen LogP contribution in [0, 0.1) is 12.8 Å². The molecule has 0 spiro atoms. The normalized spacial score (nSPS) is 10.8. The molecule has 1 aromatic heterocycles. The third-order valence-electron chi connectivity index (χ3n) is 4.49. The van der Waals surface area contributed by atoms with E-state index >= 15 is 0 Å². The zero-order valence-electron chi connectivity index (χ0n) is 17.1. The Bertz CT molecular complexity index is 1040. The fourth-order valence-electron chi connectivity index (χ4n) is 2.92. The van der Waals surface area contributed by atoms with Crippen LogP contribution in [0.15, 0.2) is 54.6 Å². The smallest absolute Gasteiger partial charge is 0.358 e. The summed E-state index contributed by atoms with van der Waals surface area (Å²) in [7, 11) is 0. The third kappa shape index (κ3) is 4.54. The Morgan fingerprint density at radius 1 is 1.10 bits per heavy atom. The number of hydrogen-bond donors (Lipinski definition) is 1. The van der Waals surface area contributed by atoms with Crippen LogP contribution in [0.4, 0.5) is 5.69 Å². The number of hydrogen-bond acceptors (Lipinski definition) is 4. The topological polar surface area (TPSA) is 73.2 Å². The van der Waals surface area contributed by atoms with Gasteiger partial charge in [0.05, 0.1) is 18.0 Å². The fraction of sp³-hybridized carbons (Fsp3) is 0.261. The number of nitrogens with one attached hydrogen (secondary N) is 1. The van der Waals surface area contributed by atoms with Crippen molar-refractivity contribution in [2.45, 2.75) is 27.7 Å². The number of para-hydroxylation sites is 1. The molecule has 2 aromatic carbocycles. The Morgan fingerprint density at radius 2 is 1.86 bits per heavy atom. The van der Waals surface area contributed by atoms with Gasteiger partial charge in [0.2, 0.25) is 5.91 Å². The first-order chi connectivity index (χ1) is 13.9. The minimum absolute atomic E-state index is 0.0539. The second-order valence-corrected chi connectivity index (χ2v) is 7.06. The van der Waals surface area contributed by atoms with Crippen molar-refractivity contribution in [2.24, 2.45) is 5.92 Å². The van der Waals surface area contributed by atoms with Crippen molar-refractivity contribution >= 4 is 17.6 Å². The number of rotatable bonds is 6. The predicted octanol–water partition coefficient (Wildman–Crippen LogP) is 4.62. The first kappa shape index (κ1) is 20.3. The summed E-state index contributed by atoms with van der Waals surface area (Å²) in [4.78, 5) is 24.4. The number of aryl methyl sites for hydroxylation is 1. The number of esters is 1. The monoisotopic (exact) mass is 391 g/mol. The molecule has 6 heteroatoms. The molecule has 1 heterocycles. The van der Waals surface area contributed by atoms with E-state index in [4.69, 9.17) is 4.74 Å². The van der Waals surface area contributed by atoms with Crippen LogP contribution in [0.3, 0.4) is 0 Å². The average molecular weight is 391 g/mol. The molecule has 1 amide bonds. The zero-order valence-corrected chi connectivity index (χ0v) is 17.1. The number of nitrogens with zero attached hydrogens (tertiary/aromatic N) is 2. The van der Waals surface area contributed by atoms with Crippen LogP contribution in [0.2, 0.25) is 0 Å². The van der Waals surface area contributed by atoms with Gasteiger partial charge in [-0.3, -0.25) is 4.79 Å². The third-order valence-corrected chi connectivity index (χ3v) is 4.49. The molecule has 0 saturated heterocycles. The van der Waals surface area contributed by atoms with Crippen molar-refractivity contribution in [3.05, 3.63) is 65.9 Å². The maximum atomic E-state index is 12.3. The second-order valence-electron chi connectivity index (χ2n) is 7.06. The lowest BCUT2D eigenvalue weighted by Gasteiger charge is -2.12. The van der Waals surface area contributed by atoms with Crippen molar-refractivity contribution < 1.29 is 14.3 Å². The fourth-order valence-corrected chi connectivity index (χ4v) is 2.92. The molecule has 150 valence electrons. The summed E-state index contributed by atoms with van der Waals surface area (Å²) in [5.41, 5.74) is 4.39. The minimum atomic E-state index is -0.467. The lowest BCUT2D eigenvalue weighted by atomic mass is 10.1. The standard InChI is InChI=1S/C23H25N3O3/c1-5-29-23(28)19-14-21(26(25-19)20-12-7-6-9-16(20)4)17-10-8-11-18(13-17)24-22(27)15(2)3/h6-15H,5H2,1-4H3,(H,24,27). The van der Waals surface area contributed by atoms with Crippen LogP contribution in [0.25, 0.3) is 16.9 Å². The number of anilines is 1. The highest BCUT2D eigenvalue weighted by molar-refractivity contribution is 5.93. The molecule has 0 aliphatic rings. The molecule has 0 fully saturated rings. The van der Waals surface area contributed by atoms with Gasteiger partial charge in [-0.1, -0.05) is 44.2 Å². The van der Waals surface area contributed by atoms with Gasteiger partial charge in [-0.15, -0.1) is 0 Å². The highest BCUT2D eigenvalue weighted by Gasteiger charge is 2.19. The highest BCUT2D eigenvalue weighted by atomic mass is 16.5. The highest BCUT2D eigenvalue weighted by Crippen LogP contribution is 2.28. The maximum absolute atomic E-state index is 12.3. The van der Waals surface area contributed by atoms with E-state index in [9.17, 15) is 9.59 Å². The molecule has 29 heavy (non-hydrogen) atoms. The van der Waals surface area contributed by atoms with E-state index in [2.05, 4.69) is 10.4 Å². The summed E-state index contributed by atoms with van der Waals surface area (Å²) in [6.45, 7) is 7.72. The molecule has 0 radical (unpaired) electrons. The number of ether oxygens (including phenoxy) is 1. The second kappa shape index (κ2) is 8.73. The van der Waals surface area contributed by atoms with E-state index in [0.717, 1.165) is 22.5 Å². The lowest BCUT2D eigenvalue weighted by molar-refractivity contribution is -0.118. The van der Waals surface area contributed by atoms with E-state index in [-0.39, 0.29) is 24.1 Å². The SMILES string of the molecule is CCOC(=O)c1cc(-c2cccc(NC(=O)C(C)C)c2)n(-c2ccccc2C)n1. The summed E-state index contributed by atoms with van der Waals surface area (Å²) >= 11 is 0. The molecule has 0 atom stereocenters. The van der Waals surface area contributed by atoms with Gasteiger partial charge in [-0.05, 0) is 43.7 Å². The van der Waals surface area contributed by atoms with Crippen LogP contribution in [0.1, 0.15) is 36.8 Å². The molecule has 1 N–H and O–H groups in total. The van der Waals surface area contributed by atoms with Crippen LogP contribution in [-0.4, -0.2) is 28.3 Å². The molecule has 0 bridgehead atoms. The number of aromatic nitrogens is 2. The van der Waals surface area contributed by atoms with Gasteiger partial charge in [0.15, 0.2) is 5.69 Å². The van der Waals surface area contributed by atoms with Crippen molar-refractivity contribution in [1.29, 1.82) is 0 Å². The number of amides is 1. The van der Waals surface area contributed by atoms with Gasteiger partial charge in [0.1, 0.15) is 0 Å². The van der Waals surface area contributed by atoms with E-state index < -0.39 is 5.97 Å². The van der Waals surface area contributed by atoms with Gasteiger partial charge in [-0.2, -0.15) is 5.10 Å². The Hall–Kier alpha value is -3.41. The number of carbonyl (C=O) groups excluding carboxylic acids is 2. The van der Waals surface area contributed by atoms with E-state index in [1.54, 1.807) is 17.7 Å². The summed E-state index contributed by atoms with van der Waals surface area (Å²) in [5, 5.41) is 7.42. The van der Waals surface area contributed by atoms with Crippen molar-refractivity contribution in [1.82, 2.24) is 9.78 Å². The van der Waals surface area contributed by atoms with Crippen molar-refractivity contribution in [3.8, 4) is 16.9 Å². The predicted molar refractivity (Wildman–Crippen MR) is 113 cm³/mol. The Kier molecular flexibility index (Phi) is 6.12. The van der Waals surface area contributed by atoms with Gasteiger partial charge >= 0.3 is 5.97 Å². The minimum Gasteiger partial charge on any atom is -0.461 e. The Morgan fingerprint density at radius 3 is 2.55 bits per heavy atom. The van der Waals surface area contributed by atoms with Crippen LogP contribution in [-0.2, 0) is 9.53 Å². The number of carbonyl (C=O) groups is 2. The van der Waals surface area contributed by atoms with E-state index in [1.807, 2.05) is 69.3 Å². The molecule has 6 nitrogen and oxygen atoms in total. The zero-order chi connectivity index (χ0) is 21.0. The van der Waals surface area contributed by atoms with Gasteiger partial charge in [0.25, 0.3) is 0 Å². The van der Waals surface area contributed by atoms with Gasteiger partial charge < -0.3 is 10.1 Å². The molecule has 0 unspecified atom stereocenters. The Balaban J connectivity index is 2.09. The molecular weight excluding hydrogens is 366 g/mol. The molecule has 3 rings (SSSR count). The molecule has 0 aliphatic carbocycles. The van der Waals surface area contributed by atoms with Crippen LogP contribution in [0.5, 0.6) is 0 Å². The average Bonchev–Trinajstić information content (AvgIpc) is 3.14. The first-order valence-electron chi connectivity index (χ1n) is 9.65. The van der Waals surface area contributed by atoms with Gasteiger partial charge in [0, 0.05) is 17.2 Å². The molecule has 0 saturated carbocycles. The molecule has 0 aliphatic heterocycles. The van der Waals surface area contributed by atoms with Crippen LogP contribution < -0.4 is 5.32 Å². The number of benzene rings is 2. The molecule has 3 aromatic rings. The molecular formula is C23H25N3O3. The summed E-state index contributed by atoms with van der Waals surface area (Å²) in [6, 6.07) is 17.0. The lowest BCUT2D eigenvalue weighted by Crippen LogP contribution is -2.17. The van der Waals surface area contributed by atoms with E-state index in [0.29, 0.717) is 5.69 Å².